The molecule has 2 amide bonds. The highest BCUT2D eigenvalue weighted by Crippen LogP contribution is 2.26. The van der Waals surface area contributed by atoms with Gasteiger partial charge in [-0.3, -0.25) is 14.5 Å². The number of alkyl halides is 3. The third kappa shape index (κ3) is 6.61. The number of carbonyl (C=O) groups excluding carboxylic acids is 2. The number of halogens is 3. The van der Waals surface area contributed by atoms with Crippen LogP contribution in [0.25, 0.3) is 6.08 Å². The largest absolute Gasteiger partial charge is 0.497 e. The predicted octanol–water partition coefficient (Wildman–Crippen LogP) is 3.85. The second-order valence-corrected chi connectivity index (χ2v) is 7.70. The van der Waals surface area contributed by atoms with Crippen LogP contribution in [0.5, 0.6) is 5.75 Å². The van der Waals surface area contributed by atoms with E-state index in [0.29, 0.717) is 5.75 Å². The first-order valence-corrected chi connectivity index (χ1v) is 10.5. The van der Waals surface area contributed by atoms with Crippen molar-refractivity contribution in [2.45, 2.75) is 12.7 Å². The molecule has 1 N–H and O–H groups in total. The minimum absolute atomic E-state index is 0.171. The molecule has 2 aromatic rings. The Morgan fingerprint density at radius 2 is 1.84 bits per heavy atom. The molecule has 1 heterocycles. The number of thioether (sulfide) groups is 1. The summed E-state index contributed by atoms with van der Waals surface area (Å²) in [7, 11) is 1.55. The van der Waals surface area contributed by atoms with E-state index in [2.05, 4.69) is 4.99 Å². The maximum atomic E-state index is 13.0. The van der Waals surface area contributed by atoms with Gasteiger partial charge in [-0.05, 0) is 29.3 Å². The number of nitrogens with one attached hydrogen (secondary N) is 1. The summed E-state index contributed by atoms with van der Waals surface area (Å²) in [5.41, 5.74) is 1.75. The highest BCUT2D eigenvalue weighted by molar-refractivity contribution is 8.14. The van der Waals surface area contributed by atoms with Crippen LogP contribution < -0.4 is 10.1 Å². The van der Waals surface area contributed by atoms with Crippen LogP contribution in [-0.2, 0) is 16.1 Å². The number of hydrogen-bond acceptors (Lipinski definition) is 5. The third-order valence-corrected chi connectivity index (χ3v) is 5.31. The van der Waals surface area contributed by atoms with E-state index in [-0.39, 0.29) is 29.1 Å². The number of amidine groups is 1. The van der Waals surface area contributed by atoms with Gasteiger partial charge in [-0.1, -0.05) is 54.2 Å². The van der Waals surface area contributed by atoms with Gasteiger partial charge in [0.2, 0.25) is 5.91 Å². The van der Waals surface area contributed by atoms with Crippen molar-refractivity contribution in [1.29, 1.82) is 0 Å². The van der Waals surface area contributed by atoms with Crippen molar-refractivity contribution in [3.63, 3.8) is 0 Å². The highest BCUT2D eigenvalue weighted by Gasteiger charge is 2.32. The van der Waals surface area contributed by atoms with Crippen LogP contribution in [0.3, 0.4) is 0 Å². The molecule has 6 nitrogen and oxygen atoms in total. The molecule has 0 saturated carbocycles. The number of ether oxygens (including phenoxy) is 1. The predicted molar refractivity (Wildman–Crippen MR) is 117 cm³/mol. The van der Waals surface area contributed by atoms with Crippen molar-refractivity contribution in [2.75, 3.05) is 19.4 Å². The van der Waals surface area contributed by atoms with E-state index >= 15 is 0 Å². The molecule has 3 rings (SSSR count). The van der Waals surface area contributed by atoms with Gasteiger partial charge in [0.1, 0.15) is 18.0 Å². The molecule has 0 saturated heterocycles. The molecule has 0 aliphatic carbocycles. The number of aliphatic imine (C=N–C) groups is 1. The van der Waals surface area contributed by atoms with Crippen molar-refractivity contribution < 1.29 is 27.5 Å². The summed E-state index contributed by atoms with van der Waals surface area (Å²) < 4.78 is 42.0. The minimum Gasteiger partial charge on any atom is -0.497 e. The molecule has 0 spiro atoms. The molecule has 10 heteroatoms. The van der Waals surface area contributed by atoms with Crippen LogP contribution in [0.15, 0.2) is 65.3 Å². The number of methoxy groups -OCH3 is 1. The Morgan fingerprint density at radius 3 is 2.47 bits per heavy atom. The number of benzene rings is 2. The van der Waals surface area contributed by atoms with Crippen LogP contribution in [0.4, 0.5) is 13.2 Å². The molecule has 0 radical (unpaired) electrons. The zero-order chi connectivity index (χ0) is 23.1. The first kappa shape index (κ1) is 23.4. The van der Waals surface area contributed by atoms with Gasteiger partial charge in [-0.25, -0.2) is 4.99 Å². The van der Waals surface area contributed by atoms with Gasteiger partial charge in [0.15, 0.2) is 5.17 Å². The zero-order valence-electron chi connectivity index (χ0n) is 17.1. The number of carbonyl (C=O) groups is 2. The summed E-state index contributed by atoms with van der Waals surface area (Å²) >= 11 is 0.909. The lowest BCUT2D eigenvalue weighted by atomic mass is 10.1. The molecule has 168 valence electrons. The molecule has 0 aromatic heterocycles. The summed E-state index contributed by atoms with van der Waals surface area (Å²) in [4.78, 5) is 30.6. The standard InChI is InChI=1S/C22H20F3N3O3S/c1-31-17-9-7-15(8-10-17)11-18-20(30)28(12-16-5-3-2-4-6-16)21(27-18)32-13-19(29)26-14-22(23,24)25/h2-11H,12-14H2,1H3,(H,26,29)/b18-11-. The Bertz CT molecular complexity index is 1020. The third-order valence-electron chi connectivity index (χ3n) is 4.33. The first-order valence-electron chi connectivity index (χ1n) is 9.51. The lowest BCUT2D eigenvalue weighted by Gasteiger charge is -2.17. The number of nitrogens with zero attached hydrogens (tertiary/aromatic N) is 2. The Balaban J connectivity index is 1.77. The maximum absolute atomic E-state index is 13.0. The van der Waals surface area contributed by atoms with E-state index in [0.717, 1.165) is 22.9 Å². The second kappa shape index (κ2) is 10.4. The fourth-order valence-electron chi connectivity index (χ4n) is 2.78. The Hall–Kier alpha value is -3.27. The zero-order valence-corrected chi connectivity index (χ0v) is 17.9. The lowest BCUT2D eigenvalue weighted by molar-refractivity contribution is -0.136. The van der Waals surface area contributed by atoms with E-state index in [1.807, 2.05) is 35.6 Å². The van der Waals surface area contributed by atoms with Gasteiger partial charge in [-0.15, -0.1) is 0 Å². The molecule has 0 atom stereocenters. The van der Waals surface area contributed by atoms with Crippen molar-refractivity contribution in [3.8, 4) is 5.75 Å². The second-order valence-electron chi connectivity index (χ2n) is 6.75. The first-order chi connectivity index (χ1) is 15.2. The highest BCUT2D eigenvalue weighted by atomic mass is 32.2. The number of amides is 2. The topological polar surface area (TPSA) is 71.0 Å². The van der Waals surface area contributed by atoms with E-state index < -0.39 is 18.6 Å². The Kier molecular flexibility index (Phi) is 7.57. The molecule has 0 fully saturated rings. The van der Waals surface area contributed by atoms with E-state index in [1.54, 1.807) is 37.5 Å². The SMILES string of the molecule is COc1ccc(/C=C2\N=C(SCC(=O)NCC(F)(F)F)N(Cc3ccccc3)C2=O)cc1. The fraction of sp³-hybridized carbons (Fsp3) is 0.227. The molecule has 2 aromatic carbocycles. The molecular weight excluding hydrogens is 443 g/mol. The smallest absolute Gasteiger partial charge is 0.405 e. The van der Waals surface area contributed by atoms with Crippen molar-refractivity contribution in [3.05, 3.63) is 71.4 Å². The molecule has 0 bridgehead atoms. The molecule has 0 unspecified atom stereocenters. The van der Waals surface area contributed by atoms with Crippen LogP contribution in [0.1, 0.15) is 11.1 Å². The van der Waals surface area contributed by atoms with Crippen molar-refractivity contribution in [1.82, 2.24) is 10.2 Å². The van der Waals surface area contributed by atoms with Crippen LogP contribution >= 0.6 is 11.8 Å². The maximum Gasteiger partial charge on any atom is 0.405 e. The molecule has 1 aliphatic rings. The Labute approximate surface area is 187 Å². The molecule has 1 aliphatic heterocycles. The fourth-order valence-corrected chi connectivity index (χ4v) is 3.61. The average molecular weight is 463 g/mol. The van der Waals surface area contributed by atoms with E-state index in [1.165, 1.54) is 4.90 Å². The summed E-state index contributed by atoms with van der Waals surface area (Å²) in [5, 5.41) is 2.07. The van der Waals surface area contributed by atoms with Crippen molar-refractivity contribution >= 4 is 34.8 Å². The molecular formula is C22H20F3N3O3S. The summed E-state index contributed by atoms with van der Waals surface area (Å²) in [6, 6.07) is 16.2. The van der Waals surface area contributed by atoms with E-state index in [9.17, 15) is 22.8 Å². The minimum atomic E-state index is -4.49. The molecule has 32 heavy (non-hydrogen) atoms. The lowest BCUT2D eigenvalue weighted by Crippen LogP contribution is -2.36. The van der Waals surface area contributed by atoms with Crippen LogP contribution in [0, 0.1) is 0 Å². The number of rotatable bonds is 7. The van der Waals surface area contributed by atoms with Gasteiger partial charge < -0.3 is 10.1 Å². The quantitative estimate of drug-likeness (QED) is 0.634. The van der Waals surface area contributed by atoms with Crippen LogP contribution in [0.2, 0.25) is 0 Å². The van der Waals surface area contributed by atoms with Gasteiger partial charge in [0.05, 0.1) is 19.4 Å². The normalized spacial score (nSPS) is 15.1. The van der Waals surface area contributed by atoms with Gasteiger partial charge in [-0.2, -0.15) is 13.2 Å². The summed E-state index contributed by atoms with van der Waals surface area (Å²) in [6.45, 7) is -1.19. The van der Waals surface area contributed by atoms with Gasteiger partial charge in [0, 0.05) is 0 Å². The number of hydrogen-bond donors (Lipinski definition) is 1. The van der Waals surface area contributed by atoms with Crippen LogP contribution in [-0.4, -0.2) is 47.5 Å². The monoisotopic (exact) mass is 463 g/mol. The Morgan fingerprint density at radius 1 is 1.16 bits per heavy atom. The van der Waals surface area contributed by atoms with Gasteiger partial charge in [0.25, 0.3) is 5.91 Å². The summed E-state index contributed by atoms with van der Waals surface area (Å²) in [6.07, 6.45) is -2.88. The van der Waals surface area contributed by atoms with Gasteiger partial charge >= 0.3 is 6.18 Å². The summed E-state index contributed by atoms with van der Waals surface area (Å²) in [5.74, 6) is -0.790. The average Bonchev–Trinajstić information content (AvgIpc) is 3.06. The van der Waals surface area contributed by atoms with Crippen molar-refractivity contribution in [2.24, 2.45) is 4.99 Å². The van der Waals surface area contributed by atoms with E-state index in [4.69, 9.17) is 4.74 Å².